The van der Waals surface area contributed by atoms with Gasteiger partial charge in [-0.15, -0.1) is 12.4 Å². The molecule has 2 aromatic rings. The van der Waals surface area contributed by atoms with Crippen LogP contribution in [0.4, 0.5) is 0 Å². The largest absolute Gasteiger partial charge is 0.330 e. The highest BCUT2D eigenvalue weighted by Gasteiger charge is 2.34. The molecule has 2 unspecified atom stereocenters. The van der Waals surface area contributed by atoms with E-state index < -0.39 is 0 Å². The summed E-state index contributed by atoms with van der Waals surface area (Å²) in [6.45, 7) is 6.81. The Hall–Kier alpha value is -1.86. The third-order valence-electron chi connectivity index (χ3n) is 5.50. The van der Waals surface area contributed by atoms with Gasteiger partial charge >= 0.3 is 0 Å². The quantitative estimate of drug-likeness (QED) is 0.860. The minimum absolute atomic E-state index is 0. The van der Waals surface area contributed by atoms with E-state index in [0.29, 0.717) is 11.7 Å². The number of amides is 1. The maximum absolute atomic E-state index is 13.1. The number of piperidine rings is 1. The summed E-state index contributed by atoms with van der Waals surface area (Å²) in [5, 5.41) is 15.3. The Kier molecular flexibility index (Phi) is 5.67. The van der Waals surface area contributed by atoms with E-state index in [0.717, 1.165) is 56.7 Å². The molecule has 0 bridgehead atoms. The lowest BCUT2D eigenvalue weighted by atomic mass is 10.0. The Morgan fingerprint density at radius 2 is 2.12 bits per heavy atom. The number of nitrogens with zero attached hydrogens (tertiary/aromatic N) is 4. The van der Waals surface area contributed by atoms with Crippen molar-refractivity contribution in [3.8, 4) is 0 Å². The Morgan fingerprint density at radius 3 is 2.81 bits per heavy atom. The normalized spacial score (nSPS) is 23.1. The zero-order valence-corrected chi connectivity index (χ0v) is 16.2. The third kappa shape index (κ3) is 3.38. The Bertz CT molecular complexity index is 744. The van der Waals surface area contributed by atoms with E-state index in [1.807, 2.05) is 35.7 Å². The van der Waals surface area contributed by atoms with Crippen LogP contribution in [0.1, 0.15) is 65.2 Å². The van der Waals surface area contributed by atoms with Gasteiger partial charge in [-0.1, -0.05) is 0 Å². The van der Waals surface area contributed by atoms with Crippen LogP contribution in [0.25, 0.3) is 0 Å². The van der Waals surface area contributed by atoms with Gasteiger partial charge in [0.2, 0.25) is 0 Å². The Morgan fingerprint density at radius 1 is 1.27 bits per heavy atom. The fourth-order valence-corrected chi connectivity index (χ4v) is 4.22. The summed E-state index contributed by atoms with van der Waals surface area (Å²) >= 11 is 0. The van der Waals surface area contributed by atoms with Crippen molar-refractivity contribution in [2.75, 3.05) is 19.6 Å². The second-order valence-corrected chi connectivity index (χ2v) is 7.19. The summed E-state index contributed by atoms with van der Waals surface area (Å²) in [4.78, 5) is 15.0. The average molecular weight is 379 g/mol. The third-order valence-corrected chi connectivity index (χ3v) is 5.50. The van der Waals surface area contributed by atoms with Gasteiger partial charge in [0.25, 0.3) is 5.91 Å². The molecular formula is C18H27ClN6O. The average Bonchev–Trinajstić information content (AvgIpc) is 3.35. The molecule has 2 saturated heterocycles. The van der Waals surface area contributed by atoms with Crippen LogP contribution in [0.2, 0.25) is 0 Å². The van der Waals surface area contributed by atoms with Crippen molar-refractivity contribution in [1.82, 2.24) is 30.2 Å². The molecule has 0 aliphatic carbocycles. The van der Waals surface area contributed by atoms with Gasteiger partial charge in [0.15, 0.2) is 0 Å². The van der Waals surface area contributed by atoms with Crippen molar-refractivity contribution >= 4 is 18.3 Å². The van der Waals surface area contributed by atoms with Crippen molar-refractivity contribution in [2.45, 2.75) is 51.6 Å². The van der Waals surface area contributed by atoms with Crippen LogP contribution in [-0.4, -0.2) is 50.4 Å². The molecule has 0 radical (unpaired) electrons. The van der Waals surface area contributed by atoms with Crippen LogP contribution in [-0.2, 0) is 0 Å². The number of halogens is 1. The number of hydrogen-bond acceptors (Lipinski definition) is 4. The molecule has 142 valence electrons. The number of aromatic amines is 1. The van der Waals surface area contributed by atoms with E-state index in [4.69, 9.17) is 0 Å². The molecule has 2 atom stereocenters. The Labute approximate surface area is 159 Å². The molecular weight excluding hydrogens is 352 g/mol. The summed E-state index contributed by atoms with van der Waals surface area (Å²) in [6.07, 6.45) is 6.22. The van der Waals surface area contributed by atoms with Crippen molar-refractivity contribution in [3.05, 3.63) is 34.9 Å². The standard InChI is InChI=1S/C18H26N6O.ClH/c1-12-17(13(2)21-20-12)16-6-4-9-23(16)18(25)15-7-10-24(22-15)14-5-3-8-19-11-14;/h7,10,14,16,19H,3-6,8-9,11H2,1-2H3,(H,20,21);1H. The number of carbonyl (C=O) groups excluding carboxylic acids is 1. The van der Waals surface area contributed by atoms with Crippen molar-refractivity contribution in [3.63, 3.8) is 0 Å². The smallest absolute Gasteiger partial charge is 0.274 e. The van der Waals surface area contributed by atoms with Gasteiger partial charge in [-0.05, 0) is 52.1 Å². The van der Waals surface area contributed by atoms with Crippen molar-refractivity contribution in [2.24, 2.45) is 0 Å². The van der Waals surface area contributed by atoms with Crippen LogP contribution >= 0.6 is 12.4 Å². The number of hydrogen-bond donors (Lipinski definition) is 2. The SMILES string of the molecule is Cc1n[nH]c(C)c1C1CCCN1C(=O)c1ccn(C2CCCNC2)n1.Cl. The molecule has 2 N–H and O–H groups in total. The minimum atomic E-state index is 0. The first-order valence-electron chi connectivity index (χ1n) is 9.23. The second kappa shape index (κ2) is 7.80. The molecule has 0 saturated carbocycles. The van der Waals surface area contributed by atoms with Gasteiger partial charge < -0.3 is 10.2 Å². The highest BCUT2D eigenvalue weighted by Crippen LogP contribution is 2.35. The summed E-state index contributed by atoms with van der Waals surface area (Å²) in [6, 6.07) is 2.32. The molecule has 1 amide bonds. The van der Waals surface area contributed by atoms with E-state index in [1.54, 1.807) is 0 Å². The van der Waals surface area contributed by atoms with E-state index in [1.165, 1.54) is 5.56 Å². The summed E-state index contributed by atoms with van der Waals surface area (Å²) < 4.78 is 1.96. The first-order valence-corrected chi connectivity index (χ1v) is 9.23. The van der Waals surface area contributed by atoms with E-state index in [9.17, 15) is 4.79 Å². The van der Waals surface area contributed by atoms with Crippen LogP contribution in [0.5, 0.6) is 0 Å². The number of nitrogens with one attached hydrogen (secondary N) is 2. The summed E-state index contributed by atoms with van der Waals surface area (Å²) in [5.41, 5.74) is 3.76. The molecule has 4 rings (SSSR count). The number of aryl methyl sites for hydroxylation is 2. The first-order chi connectivity index (χ1) is 12.1. The highest BCUT2D eigenvalue weighted by atomic mass is 35.5. The van der Waals surface area contributed by atoms with Gasteiger partial charge in [-0.2, -0.15) is 10.2 Å². The van der Waals surface area contributed by atoms with Gasteiger partial charge in [-0.25, -0.2) is 0 Å². The van der Waals surface area contributed by atoms with Gasteiger partial charge in [0, 0.05) is 30.5 Å². The van der Waals surface area contributed by atoms with Crippen molar-refractivity contribution in [1.29, 1.82) is 0 Å². The zero-order chi connectivity index (χ0) is 17.4. The number of aromatic nitrogens is 4. The molecule has 2 aliphatic rings. The highest BCUT2D eigenvalue weighted by molar-refractivity contribution is 5.92. The lowest BCUT2D eigenvalue weighted by Gasteiger charge is -2.25. The van der Waals surface area contributed by atoms with E-state index >= 15 is 0 Å². The lowest BCUT2D eigenvalue weighted by Crippen LogP contribution is -2.33. The molecule has 7 nitrogen and oxygen atoms in total. The fourth-order valence-electron chi connectivity index (χ4n) is 4.22. The molecule has 26 heavy (non-hydrogen) atoms. The maximum Gasteiger partial charge on any atom is 0.274 e. The molecule has 2 aliphatic heterocycles. The summed E-state index contributed by atoms with van der Waals surface area (Å²) in [5.74, 6) is 0.0324. The minimum Gasteiger partial charge on any atom is -0.330 e. The molecule has 2 aromatic heterocycles. The number of rotatable bonds is 3. The molecule has 0 spiro atoms. The first kappa shape index (κ1) is 18.9. The lowest BCUT2D eigenvalue weighted by molar-refractivity contribution is 0.0727. The monoisotopic (exact) mass is 378 g/mol. The van der Waals surface area contributed by atoms with E-state index in [-0.39, 0.29) is 24.4 Å². The summed E-state index contributed by atoms with van der Waals surface area (Å²) in [7, 11) is 0. The molecule has 4 heterocycles. The number of carbonyl (C=O) groups is 1. The second-order valence-electron chi connectivity index (χ2n) is 7.19. The van der Waals surface area contributed by atoms with Crippen molar-refractivity contribution < 1.29 is 4.79 Å². The van der Waals surface area contributed by atoms with Crippen LogP contribution in [0.3, 0.4) is 0 Å². The zero-order valence-electron chi connectivity index (χ0n) is 15.4. The molecule has 8 heteroatoms. The van der Waals surface area contributed by atoms with Crippen LogP contribution < -0.4 is 5.32 Å². The van der Waals surface area contributed by atoms with Gasteiger partial charge in [-0.3, -0.25) is 14.6 Å². The van der Waals surface area contributed by atoms with Crippen LogP contribution in [0.15, 0.2) is 12.3 Å². The van der Waals surface area contributed by atoms with E-state index in [2.05, 4.69) is 20.6 Å². The number of likely N-dealkylation sites (tertiary alicyclic amines) is 1. The molecule has 2 fully saturated rings. The maximum atomic E-state index is 13.1. The number of H-pyrrole nitrogens is 1. The van der Waals surface area contributed by atoms with Gasteiger partial charge in [0.1, 0.15) is 5.69 Å². The van der Waals surface area contributed by atoms with Gasteiger partial charge in [0.05, 0.1) is 17.8 Å². The molecule has 0 aromatic carbocycles. The predicted octanol–water partition coefficient (Wildman–Crippen LogP) is 2.55. The fraction of sp³-hybridized carbons (Fsp3) is 0.611. The predicted molar refractivity (Wildman–Crippen MR) is 102 cm³/mol. The van der Waals surface area contributed by atoms with Crippen LogP contribution in [0, 0.1) is 13.8 Å². The Balaban J connectivity index is 0.00000196. The topological polar surface area (TPSA) is 78.8 Å².